The van der Waals surface area contributed by atoms with Crippen molar-refractivity contribution in [2.45, 2.75) is 25.6 Å². The van der Waals surface area contributed by atoms with E-state index in [-0.39, 0.29) is 13.2 Å². The molecule has 0 amide bonds. The molecular formula is C5H8F2O2. The number of alkyl halides is 2. The normalized spacial score (nSPS) is 33.0. The third-order valence-corrected chi connectivity index (χ3v) is 1.27. The van der Waals surface area contributed by atoms with E-state index in [0.29, 0.717) is 0 Å². The summed E-state index contributed by atoms with van der Waals surface area (Å²) in [5, 5.41) is 0. The third-order valence-electron chi connectivity index (χ3n) is 1.27. The average Bonchev–Trinajstić information content (AvgIpc) is 2.08. The fraction of sp³-hybridized carbons (Fsp3) is 1.00. The van der Waals surface area contributed by atoms with Crippen molar-refractivity contribution < 1.29 is 18.3 Å². The summed E-state index contributed by atoms with van der Waals surface area (Å²) in [4.78, 5) is 0. The van der Waals surface area contributed by atoms with Gasteiger partial charge in [-0.25, -0.2) is 0 Å². The number of hydrogen-bond donors (Lipinski definition) is 0. The van der Waals surface area contributed by atoms with Crippen molar-refractivity contribution >= 4 is 0 Å². The maximum atomic E-state index is 12.3. The van der Waals surface area contributed by atoms with Crippen LogP contribution in [0.25, 0.3) is 0 Å². The molecule has 0 aromatic heterocycles. The van der Waals surface area contributed by atoms with E-state index in [2.05, 4.69) is 9.47 Å². The Morgan fingerprint density at radius 1 is 1.67 bits per heavy atom. The average molecular weight is 138 g/mol. The van der Waals surface area contributed by atoms with Crippen LogP contribution < -0.4 is 0 Å². The molecule has 1 saturated heterocycles. The van der Waals surface area contributed by atoms with Gasteiger partial charge in [-0.15, -0.1) is 0 Å². The molecule has 54 valence electrons. The van der Waals surface area contributed by atoms with Gasteiger partial charge in [0.25, 0.3) is 0 Å². The van der Waals surface area contributed by atoms with Gasteiger partial charge in [0.15, 0.2) is 12.9 Å². The number of halogens is 2. The molecule has 0 saturated carbocycles. The van der Waals surface area contributed by atoms with E-state index < -0.39 is 12.2 Å². The number of ether oxygens (including phenoxy) is 2. The Kier molecular flexibility index (Phi) is 1.68. The van der Waals surface area contributed by atoms with Crippen LogP contribution in [0.4, 0.5) is 8.78 Å². The van der Waals surface area contributed by atoms with Gasteiger partial charge in [-0.1, -0.05) is 6.92 Å². The fourth-order valence-corrected chi connectivity index (χ4v) is 0.740. The van der Waals surface area contributed by atoms with Crippen molar-refractivity contribution in [1.82, 2.24) is 0 Å². The number of hydrogen-bond acceptors (Lipinski definition) is 2. The van der Waals surface area contributed by atoms with Crippen molar-refractivity contribution in [1.29, 1.82) is 0 Å². The van der Waals surface area contributed by atoms with Crippen molar-refractivity contribution in [3.05, 3.63) is 0 Å². The van der Waals surface area contributed by atoms with Gasteiger partial charge in [-0.3, -0.25) is 4.74 Å². The summed E-state index contributed by atoms with van der Waals surface area (Å²) in [7, 11) is 0. The van der Waals surface area contributed by atoms with Gasteiger partial charge >= 0.3 is 6.11 Å². The van der Waals surface area contributed by atoms with Gasteiger partial charge in [0.05, 0.1) is 0 Å². The zero-order chi connectivity index (χ0) is 6.91. The van der Waals surface area contributed by atoms with E-state index in [1.807, 2.05) is 0 Å². The van der Waals surface area contributed by atoms with Crippen LogP contribution in [0, 0.1) is 0 Å². The highest BCUT2D eigenvalue weighted by molar-refractivity contribution is 4.69. The lowest BCUT2D eigenvalue weighted by Gasteiger charge is -2.12. The minimum Gasteiger partial charge on any atom is -0.343 e. The van der Waals surface area contributed by atoms with Crippen molar-refractivity contribution in [3.63, 3.8) is 0 Å². The van der Waals surface area contributed by atoms with Crippen LogP contribution in [-0.2, 0) is 9.47 Å². The Bertz CT molecular complexity index is 105. The molecular weight excluding hydrogens is 130 g/mol. The highest BCUT2D eigenvalue weighted by atomic mass is 19.3. The maximum absolute atomic E-state index is 12.3. The van der Waals surface area contributed by atoms with Crippen LogP contribution in [0.1, 0.15) is 13.3 Å². The fourth-order valence-electron chi connectivity index (χ4n) is 0.740. The first-order valence-corrected chi connectivity index (χ1v) is 2.80. The van der Waals surface area contributed by atoms with Crippen LogP contribution in [0.2, 0.25) is 0 Å². The molecule has 0 spiro atoms. The van der Waals surface area contributed by atoms with Gasteiger partial charge in [0, 0.05) is 0 Å². The van der Waals surface area contributed by atoms with Crippen molar-refractivity contribution in [2.24, 2.45) is 0 Å². The molecule has 2 nitrogen and oxygen atoms in total. The van der Waals surface area contributed by atoms with Crippen molar-refractivity contribution in [3.8, 4) is 0 Å². The largest absolute Gasteiger partial charge is 0.383 e. The summed E-state index contributed by atoms with van der Waals surface area (Å²) in [6, 6.07) is 0. The zero-order valence-electron chi connectivity index (χ0n) is 5.06. The summed E-state index contributed by atoms with van der Waals surface area (Å²) >= 11 is 0. The second-order valence-electron chi connectivity index (χ2n) is 1.89. The quantitative estimate of drug-likeness (QED) is 0.544. The molecule has 0 aliphatic carbocycles. The van der Waals surface area contributed by atoms with Crippen LogP contribution in [0.5, 0.6) is 0 Å². The van der Waals surface area contributed by atoms with E-state index in [0.717, 1.165) is 0 Å². The van der Waals surface area contributed by atoms with Gasteiger partial charge in [-0.05, 0) is 6.42 Å². The topological polar surface area (TPSA) is 18.5 Å². The minimum atomic E-state index is -3.06. The molecule has 0 radical (unpaired) electrons. The first-order chi connectivity index (χ1) is 4.17. The molecule has 1 aliphatic heterocycles. The van der Waals surface area contributed by atoms with E-state index in [9.17, 15) is 8.78 Å². The SMILES string of the molecule is CCC1OCOC1(F)F. The second kappa shape index (κ2) is 2.19. The van der Waals surface area contributed by atoms with Crippen LogP contribution >= 0.6 is 0 Å². The second-order valence-corrected chi connectivity index (χ2v) is 1.89. The molecule has 0 bridgehead atoms. The summed E-state index contributed by atoms with van der Waals surface area (Å²) in [6.45, 7) is 1.35. The number of rotatable bonds is 1. The molecule has 9 heavy (non-hydrogen) atoms. The molecule has 0 aromatic rings. The Balaban J connectivity index is 2.52. The van der Waals surface area contributed by atoms with E-state index in [4.69, 9.17) is 0 Å². The molecule has 1 aliphatic rings. The molecule has 0 aromatic carbocycles. The first-order valence-electron chi connectivity index (χ1n) is 2.80. The maximum Gasteiger partial charge on any atom is 0.383 e. The van der Waals surface area contributed by atoms with Gasteiger partial charge in [-0.2, -0.15) is 8.78 Å². The summed E-state index contributed by atoms with van der Waals surface area (Å²) < 4.78 is 33.1. The molecule has 0 N–H and O–H groups in total. The van der Waals surface area contributed by atoms with E-state index >= 15 is 0 Å². The predicted octanol–water partition coefficient (Wildman–Crippen LogP) is 1.36. The molecule has 1 atom stereocenters. The summed E-state index contributed by atoms with van der Waals surface area (Å²) in [5.41, 5.74) is 0. The van der Waals surface area contributed by atoms with Gasteiger partial charge < -0.3 is 4.74 Å². The first kappa shape index (κ1) is 6.89. The summed E-state index contributed by atoms with van der Waals surface area (Å²) in [6.07, 6.45) is -3.82. The lowest BCUT2D eigenvalue weighted by Crippen LogP contribution is -2.28. The summed E-state index contributed by atoms with van der Waals surface area (Å²) in [5.74, 6) is 0. The Morgan fingerprint density at radius 2 is 2.33 bits per heavy atom. The Morgan fingerprint density at radius 3 is 2.56 bits per heavy atom. The standard InChI is InChI=1S/C5H8F2O2/c1-2-4-5(6,7)9-3-8-4/h4H,2-3H2,1H3. The van der Waals surface area contributed by atoms with Crippen molar-refractivity contribution in [2.75, 3.05) is 6.79 Å². The molecule has 1 heterocycles. The molecule has 4 heteroatoms. The molecule has 1 rings (SSSR count). The minimum absolute atomic E-state index is 0.285. The Labute approximate surface area is 51.8 Å². The van der Waals surface area contributed by atoms with Crippen LogP contribution in [0.15, 0.2) is 0 Å². The predicted molar refractivity (Wildman–Crippen MR) is 26.1 cm³/mol. The van der Waals surface area contributed by atoms with Gasteiger partial charge in [0.2, 0.25) is 0 Å². The zero-order valence-corrected chi connectivity index (χ0v) is 5.06. The van der Waals surface area contributed by atoms with Gasteiger partial charge in [0.1, 0.15) is 0 Å². The van der Waals surface area contributed by atoms with E-state index in [1.54, 1.807) is 6.92 Å². The van der Waals surface area contributed by atoms with E-state index in [1.165, 1.54) is 0 Å². The molecule has 1 fully saturated rings. The third kappa shape index (κ3) is 1.19. The lowest BCUT2D eigenvalue weighted by molar-refractivity contribution is -0.215. The Hall–Kier alpha value is -0.220. The molecule has 1 unspecified atom stereocenters. The van der Waals surface area contributed by atoms with Crippen LogP contribution in [-0.4, -0.2) is 19.0 Å². The highest BCUT2D eigenvalue weighted by Crippen LogP contribution is 2.30. The lowest BCUT2D eigenvalue weighted by atomic mass is 10.3. The van der Waals surface area contributed by atoms with Crippen LogP contribution in [0.3, 0.4) is 0 Å². The smallest absolute Gasteiger partial charge is 0.343 e. The highest BCUT2D eigenvalue weighted by Gasteiger charge is 2.45. The monoisotopic (exact) mass is 138 g/mol.